The van der Waals surface area contributed by atoms with Gasteiger partial charge in [-0.1, -0.05) is 60.7 Å². The lowest BCUT2D eigenvalue weighted by Gasteiger charge is -2.41. The molecule has 0 aromatic heterocycles. The van der Waals surface area contributed by atoms with E-state index < -0.39 is 29.7 Å². The van der Waals surface area contributed by atoms with Gasteiger partial charge in [0, 0.05) is 14.2 Å². The Kier molecular flexibility index (Phi) is 4.83. The summed E-state index contributed by atoms with van der Waals surface area (Å²) in [5.41, 5.74) is -0.847. The number of nitrogens with one attached hydrogen (secondary N) is 1. The van der Waals surface area contributed by atoms with E-state index >= 15 is 0 Å². The maximum Gasteiger partial charge on any atom is 0.334 e. The molecule has 0 radical (unpaired) electrons. The van der Waals surface area contributed by atoms with Crippen molar-refractivity contribution in [2.75, 3.05) is 14.2 Å². The summed E-state index contributed by atoms with van der Waals surface area (Å²) in [4.78, 5) is 39.7. The standard InChI is InChI=1S/C19H18N2O5/c1-25-18(26-2)21-16(23)19(15(22)20-17(21)24,13-9-5-3-6-10-13)14-11-7-4-8-12-14/h3-12,18H,1-2H3,(H,20,22,24). The second kappa shape index (κ2) is 7.07. The second-order valence-electron chi connectivity index (χ2n) is 5.69. The first-order valence-corrected chi connectivity index (χ1v) is 7.93. The third-order valence-electron chi connectivity index (χ3n) is 4.35. The molecule has 26 heavy (non-hydrogen) atoms. The van der Waals surface area contributed by atoms with Gasteiger partial charge < -0.3 is 9.47 Å². The fourth-order valence-corrected chi connectivity index (χ4v) is 3.17. The number of urea groups is 1. The highest BCUT2D eigenvalue weighted by Gasteiger charge is 2.58. The molecule has 7 heteroatoms. The minimum Gasteiger partial charge on any atom is -0.338 e. The van der Waals surface area contributed by atoms with Gasteiger partial charge in [-0.05, 0) is 11.1 Å². The maximum atomic E-state index is 13.5. The van der Waals surface area contributed by atoms with Crippen molar-refractivity contribution in [3.63, 3.8) is 0 Å². The van der Waals surface area contributed by atoms with E-state index in [1.165, 1.54) is 14.2 Å². The van der Waals surface area contributed by atoms with Gasteiger partial charge in [0.2, 0.25) is 6.41 Å². The lowest BCUT2D eigenvalue weighted by Crippen LogP contribution is -2.68. The van der Waals surface area contributed by atoms with Gasteiger partial charge in [-0.3, -0.25) is 14.9 Å². The Morgan fingerprint density at radius 1 is 0.846 bits per heavy atom. The number of barbiturate groups is 1. The molecule has 3 rings (SSSR count). The number of imide groups is 2. The Bertz CT molecular complexity index is 779. The van der Waals surface area contributed by atoms with Gasteiger partial charge in [-0.25, -0.2) is 9.69 Å². The Hall–Kier alpha value is -3.03. The molecule has 0 spiro atoms. The summed E-state index contributed by atoms with van der Waals surface area (Å²) < 4.78 is 10.2. The van der Waals surface area contributed by atoms with Crippen molar-refractivity contribution in [3.05, 3.63) is 71.8 Å². The summed E-state index contributed by atoms with van der Waals surface area (Å²) in [6, 6.07) is 16.3. The summed E-state index contributed by atoms with van der Waals surface area (Å²) in [6.45, 7) is 0. The highest BCUT2D eigenvalue weighted by Crippen LogP contribution is 2.37. The molecular formula is C19H18N2O5. The molecule has 0 saturated carbocycles. The summed E-state index contributed by atoms with van der Waals surface area (Å²) in [5.74, 6) is -1.45. The van der Waals surface area contributed by atoms with Crippen LogP contribution < -0.4 is 5.32 Å². The number of nitrogens with zero attached hydrogens (tertiary/aromatic N) is 1. The van der Waals surface area contributed by atoms with Crippen molar-refractivity contribution in [3.8, 4) is 0 Å². The van der Waals surface area contributed by atoms with E-state index in [1.807, 2.05) is 0 Å². The molecule has 1 fully saturated rings. The van der Waals surface area contributed by atoms with Crippen LogP contribution in [0.2, 0.25) is 0 Å². The van der Waals surface area contributed by atoms with Crippen LogP contribution in [0, 0.1) is 0 Å². The van der Waals surface area contributed by atoms with Crippen LogP contribution in [0.3, 0.4) is 0 Å². The predicted octanol–water partition coefficient (Wildman–Crippen LogP) is 1.63. The molecule has 1 heterocycles. The SMILES string of the molecule is COC(OC)N1C(=O)NC(=O)C(c2ccccc2)(c2ccccc2)C1=O. The molecule has 4 amide bonds. The fourth-order valence-electron chi connectivity index (χ4n) is 3.17. The highest BCUT2D eigenvalue weighted by molar-refractivity contribution is 6.25. The van der Waals surface area contributed by atoms with Crippen molar-refractivity contribution < 1.29 is 23.9 Å². The molecule has 0 aliphatic carbocycles. The molecule has 7 nitrogen and oxygen atoms in total. The molecule has 2 aromatic rings. The zero-order valence-electron chi connectivity index (χ0n) is 14.3. The lowest BCUT2D eigenvalue weighted by molar-refractivity contribution is -0.193. The Morgan fingerprint density at radius 3 is 1.73 bits per heavy atom. The van der Waals surface area contributed by atoms with Crippen LogP contribution in [0.5, 0.6) is 0 Å². The number of carbonyl (C=O) groups excluding carboxylic acids is 3. The molecule has 0 bridgehead atoms. The number of benzene rings is 2. The fraction of sp³-hybridized carbons (Fsp3) is 0.211. The van der Waals surface area contributed by atoms with E-state index in [0.29, 0.717) is 11.1 Å². The summed E-state index contributed by atoms with van der Waals surface area (Å²) >= 11 is 0. The third-order valence-corrected chi connectivity index (χ3v) is 4.35. The van der Waals surface area contributed by atoms with Crippen molar-refractivity contribution >= 4 is 17.8 Å². The van der Waals surface area contributed by atoms with Crippen molar-refractivity contribution in [1.82, 2.24) is 10.2 Å². The monoisotopic (exact) mass is 354 g/mol. The summed E-state index contributed by atoms with van der Waals surface area (Å²) in [6.07, 6.45) is -1.26. The van der Waals surface area contributed by atoms with Crippen LogP contribution in [0.15, 0.2) is 60.7 Å². The smallest absolute Gasteiger partial charge is 0.334 e. The highest BCUT2D eigenvalue weighted by atomic mass is 16.7. The topological polar surface area (TPSA) is 84.9 Å². The van der Waals surface area contributed by atoms with Crippen LogP contribution >= 0.6 is 0 Å². The zero-order chi connectivity index (χ0) is 18.7. The first-order valence-electron chi connectivity index (χ1n) is 7.93. The molecule has 1 aliphatic rings. The van der Waals surface area contributed by atoms with E-state index in [4.69, 9.17) is 9.47 Å². The molecule has 1 N–H and O–H groups in total. The Labute approximate surface area is 150 Å². The molecule has 0 atom stereocenters. The number of amides is 4. The Balaban J connectivity index is 2.27. The van der Waals surface area contributed by atoms with Gasteiger partial charge in [0.15, 0.2) is 5.41 Å². The summed E-state index contributed by atoms with van der Waals surface area (Å²) in [7, 11) is 2.61. The minimum atomic E-state index is -1.73. The van der Waals surface area contributed by atoms with Gasteiger partial charge in [-0.2, -0.15) is 0 Å². The normalized spacial score (nSPS) is 16.7. The van der Waals surface area contributed by atoms with E-state index in [-0.39, 0.29) is 0 Å². The van der Waals surface area contributed by atoms with E-state index in [1.54, 1.807) is 60.7 Å². The van der Waals surface area contributed by atoms with E-state index in [2.05, 4.69) is 5.32 Å². The van der Waals surface area contributed by atoms with Crippen LogP contribution in [-0.4, -0.2) is 43.4 Å². The van der Waals surface area contributed by atoms with Crippen LogP contribution in [-0.2, 0) is 24.5 Å². The zero-order valence-corrected chi connectivity index (χ0v) is 14.3. The first-order chi connectivity index (χ1) is 12.6. The van der Waals surface area contributed by atoms with Gasteiger partial charge in [0.1, 0.15) is 0 Å². The second-order valence-corrected chi connectivity index (χ2v) is 5.69. The number of carbonyl (C=O) groups is 3. The molecule has 1 aliphatic heterocycles. The quantitative estimate of drug-likeness (QED) is 0.652. The number of ether oxygens (including phenoxy) is 2. The predicted molar refractivity (Wildman–Crippen MR) is 91.9 cm³/mol. The van der Waals surface area contributed by atoms with Crippen LogP contribution in [0.25, 0.3) is 0 Å². The number of hydrogen-bond acceptors (Lipinski definition) is 5. The van der Waals surface area contributed by atoms with Gasteiger partial charge in [0.25, 0.3) is 11.8 Å². The van der Waals surface area contributed by atoms with E-state index in [9.17, 15) is 14.4 Å². The number of methoxy groups -OCH3 is 2. The Morgan fingerprint density at radius 2 is 1.31 bits per heavy atom. The van der Waals surface area contributed by atoms with Crippen molar-refractivity contribution in [2.45, 2.75) is 11.8 Å². The van der Waals surface area contributed by atoms with Gasteiger partial charge in [0.05, 0.1) is 0 Å². The first kappa shape index (κ1) is 17.8. The molecular weight excluding hydrogens is 336 g/mol. The van der Waals surface area contributed by atoms with Crippen molar-refractivity contribution in [2.24, 2.45) is 0 Å². The third kappa shape index (κ3) is 2.58. The molecule has 134 valence electrons. The number of hydrogen-bond donors (Lipinski definition) is 1. The average Bonchev–Trinajstić information content (AvgIpc) is 2.67. The molecule has 0 unspecified atom stereocenters. The number of rotatable bonds is 5. The van der Waals surface area contributed by atoms with Crippen LogP contribution in [0.4, 0.5) is 4.79 Å². The van der Waals surface area contributed by atoms with E-state index in [0.717, 1.165) is 4.90 Å². The largest absolute Gasteiger partial charge is 0.338 e. The van der Waals surface area contributed by atoms with Crippen molar-refractivity contribution in [1.29, 1.82) is 0 Å². The summed E-state index contributed by atoms with van der Waals surface area (Å²) in [5, 5.41) is 2.26. The maximum absolute atomic E-state index is 13.5. The van der Waals surface area contributed by atoms with Crippen LogP contribution in [0.1, 0.15) is 11.1 Å². The average molecular weight is 354 g/mol. The van der Waals surface area contributed by atoms with Gasteiger partial charge in [-0.15, -0.1) is 0 Å². The minimum absolute atomic E-state index is 0.442. The molecule has 2 aromatic carbocycles. The molecule has 1 saturated heterocycles. The van der Waals surface area contributed by atoms with Gasteiger partial charge >= 0.3 is 6.03 Å². The lowest BCUT2D eigenvalue weighted by atomic mass is 9.71.